The number of rotatable bonds is 13. The number of hydrogen-bond acceptors (Lipinski definition) is 5. The van der Waals surface area contributed by atoms with Crippen LogP contribution in [0.1, 0.15) is 50.5 Å². The quantitative estimate of drug-likeness (QED) is 0.208. The molecule has 0 aliphatic heterocycles. The van der Waals surface area contributed by atoms with Gasteiger partial charge in [-0.2, -0.15) is 0 Å². The summed E-state index contributed by atoms with van der Waals surface area (Å²) in [4.78, 5) is 10.0. The number of aliphatic hydroxyl groups is 1. The Morgan fingerprint density at radius 2 is 1.61 bits per heavy atom. The second kappa shape index (κ2) is 12.3. The van der Waals surface area contributed by atoms with Crippen molar-refractivity contribution in [2.24, 2.45) is 0 Å². The SMILES string of the molecule is CCOOCc1ccc(C(C)OCC(O)CNC(C)(C)Cc2ccc3ccccc3c2)cc1. The zero-order chi connectivity index (χ0) is 23.7. The highest BCUT2D eigenvalue weighted by molar-refractivity contribution is 5.83. The minimum Gasteiger partial charge on any atom is -0.389 e. The number of aliphatic hydroxyl groups excluding tert-OH is 1. The average Bonchev–Trinajstić information content (AvgIpc) is 2.81. The zero-order valence-electron chi connectivity index (χ0n) is 20.2. The zero-order valence-corrected chi connectivity index (χ0v) is 20.2. The van der Waals surface area contributed by atoms with Crippen molar-refractivity contribution in [1.29, 1.82) is 0 Å². The van der Waals surface area contributed by atoms with Crippen LogP contribution in [0.4, 0.5) is 0 Å². The standard InChI is InChI=1S/C28H37NO4/c1-5-32-33-19-22-10-13-24(14-11-22)21(2)31-20-27(30)18-29-28(3,4)17-23-12-15-25-8-6-7-9-26(25)16-23/h6-16,21,27,29-30H,5,17-20H2,1-4H3. The number of benzene rings is 3. The maximum absolute atomic E-state index is 10.5. The molecule has 0 saturated carbocycles. The van der Waals surface area contributed by atoms with E-state index in [0.29, 0.717) is 19.8 Å². The van der Waals surface area contributed by atoms with Gasteiger partial charge in [0.05, 0.1) is 25.4 Å². The fourth-order valence-electron chi connectivity index (χ4n) is 3.80. The summed E-state index contributed by atoms with van der Waals surface area (Å²) in [7, 11) is 0. The number of β-amino-alcohol motifs (C(OH)–C–C–N with tert-alkyl or cyclic N) is 1. The Balaban J connectivity index is 1.42. The topological polar surface area (TPSA) is 60.0 Å². The molecule has 0 bridgehead atoms. The van der Waals surface area contributed by atoms with Crippen LogP contribution in [0.5, 0.6) is 0 Å². The van der Waals surface area contributed by atoms with Crippen LogP contribution in [0.25, 0.3) is 10.8 Å². The molecule has 0 heterocycles. The van der Waals surface area contributed by atoms with Gasteiger partial charge in [-0.3, -0.25) is 0 Å². The second-order valence-electron chi connectivity index (χ2n) is 9.16. The highest BCUT2D eigenvalue weighted by Gasteiger charge is 2.20. The van der Waals surface area contributed by atoms with Crippen molar-refractivity contribution in [3.05, 3.63) is 83.4 Å². The first-order valence-corrected chi connectivity index (χ1v) is 11.7. The first-order valence-electron chi connectivity index (χ1n) is 11.7. The number of ether oxygens (including phenoxy) is 1. The van der Waals surface area contributed by atoms with Gasteiger partial charge >= 0.3 is 0 Å². The molecular formula is C28H37NO4. The molecule has 0 spiro atoms. The third kappa shape index (κ3) is 8.22. The van der Waals surface area contributed by atoms with Gasteiger partial charge in [0, 0.05) is 12.1 Å². The largest absolute Gasteiger partial charge is 0.389 e. The summed E-state index contributed by atoms with van der Waals surface area (Å²) >= 11 is 0. The predicted molar refractivity (Wildman–Crippen MR) is 133 cm³/mol. The Bertz CT molecular complexity index is 987. The van der Waals surface area contributed by atoms with Gasteiger partial charge in [0.25, 0.3) is 0 Å². The summed E-state index contributed by atoms with van der Waals surface area (Å²) in [6.45, 7) is 9.90. The van der Waals surface area contributed by atoms with Crippen molar-refractivity contribution < 1.29 is 19.6 Å². The van der Waals surface area contributed by atoms with Gasteiger partial charge in [0.1, 0.15) is 6.61 Å². The van der Waals surface area contributed by atoms with E-state index in [4.69, 9.17) is 14.5 Å². The Labute approximate surface area is 197 Å². The molecule has 5 heteroatoms. The minimum atomic E-state index is -0.581. The van der Waals surface area contributed by atoms with Crippen LogP contribution < -0.4 is 5.32 Å². The summed E-state index contributed by atoms with van der Waals surface area (Å²) in [6, 6.07) is 23.0. The van der Waals surface area contributed by atoms with Gasteiger partial charge in [-0.25, -0.2) is 9.78 Å². The average molecular weight is 452 g/mol. The molecule has 3 aromatic carbocycles. The van der Waals surface area contributed by atoms with E-state index in [-0.39, 0.29) is 18.2 Å². The molecule has 2 atom stereocenters. The molecule has 33 heavy (non-hydrogen) atoms. The first-order chi connectivity index (χ1) is 15.9. The molecule has 178 valence electrons. The summed E-state index contributed by atoms with van der Waals surface area (Å²) < 4.78 is 5.91. The highest BCUT2D eigenvalue weighted by atomic mass is 17.2. The Kier molecular flexibility index (Phi) is 9.41. The van der Waals surface area contributed by atoms with E-state index in [1.807, 2.05) is 38.1 Å². The Morgan fingerprint density at radius 1 is 0.909 bits per heavy atom. The summed E-state index contributed by atoms with van der Waals surface area (Å²) in [6.07, 6.45) is 0.190. The number of nitrogens with one attached hydrogen (secondary N) is 1. The van der Waals surface area contributed by atoms with Crippen LogP contribution in [0.3, 0.4) is 0 Å². The maximum Gasteiger partial charge on any atom is 0.107 e. The molecule has 0 saturated heterocycles. The van der Waals surface area contributed by atoms with Crippen LogP contribution in [-0.4, -0.2) is 36.5 Å². The Hall–Kier alpha value is -2.28. The molecule has 0 aromatic heterocycles. The van der Waals surface area contributed by atoms with Crippen LogP contribution >= 0.6 is 0 Å². The van der Waals surface area contributed by atoms with Gasteiger partial charge in [0.15, 0.2) is 0 Å². The maximum atomic E-state index is 10.5. The van der Waals surface area contributed by atoms with Crippen molar-refractivity contribution in [2.75, 3.05) is 19.8 Å². The summed E-state index contributed by atoms with van der Waals surface area (Å²) in [5, 5.41) is 16.5. The molecule has 2 N–H and O–H groups in total. The lowest BCUT2D eigenvalue weighted by molar-refractivity contribution is -0.300. The third-order valence-electron chi connectivity index (χ3n) is 5.69. The van der Waals surface area contributed by atoms with E-state index in [0.717, 1.165) is 17.5 Å². The van der Waals surface area contributed by atoms with Crippen LogP contribution in [0.15, 0.2) is 66.7 Å². The van der Waals surface area contributed by atoms with Crippen molar-refractivity contribution in [3.63, 3.8) is 0 Å². The van der Waals surface area contributed by atoms with Crippen molar-refractivity contribution in [1.82, 2.24) is 5.32 Å². The van der Waals surface area contributed by atoms with E-state index >= 15 is 0 Å². The lowest BCUT2D eigenvalue weighted by Gasteiger charge is -2.28. The smallest absolute Gasteiger partial charge is 0.107 e. The summed E-state index contributed by atoms with van der Waals surface area (Å²) in [5.74, 6) is 0. The van der Waals surface area contributed by atoms with Crippen LogP contribution in [-0.2, 0) is 27.5 Å². The third-order valence-corrected chi connectivity index (χ3v) is 5.69. The lowest BCUT2D eigenvalue weighted by Crippen LogP contribution is -2.46. The molecule has 3 rings (SSSR count). The molecule has 3 aromatic rings. The van der Waals surface area contributed by atoms with Crippen molar-refractivity contribution >= 4 is 10.8 Å². The summed E-state index contributed by atoms with van der Waals surface area (Å²) in [5.41, 5.74) is 3.24. The fourth-order valence-corrected chi connectivity index (χ4v) is 3.80. The fraction of sp³-hybridized carbons (Fsp3) is 0.429. The monoisotopic (exact) mass is 451 g/mol. The molecule has 0 aliphatic carbocycles. The van der Waals surface area contributed by atoms with Gasteiger partial charge in [-0.1, -0.05) is 66.7 Å². The van der Waals surface area contributed by atoms with Gasteiger partial charge < -0.3 is 15.2 Å². The lowest BCUT2D eigenvalue weighted by atomic mass is 9.93. The van der Waals surface area contributed by atoms with Gasteiger partial charge in [-0.15, -0.1) is 0 Å². The predicted octanol–water partition coefficient (Wildman–Crippen LogP) is 5.36. The van der Waals surface area contributed by atoms with Crippen LogP contribution in [0.2, 0.25) is 0 Å². The molecule has 0 amide bonds. The van der Waals surface area contributed by atoms with Crippen molar-refractivity contribution in [3.8, 4) is 0 Å². The normalized spacial score (nSPS) is 13.8. The molecular weight excluding hydrogens is 414 g/mol. The van der Waals surface area contributed by atoms with Gasteiger partial charge in [0.2, 0.25) is 0 Å². The molecule has 2 unspecified atom stereocenters. The van der Waals surface area contributed by atoms with Gasteiger partial charge in [-0.05, 0) is 61.6 Å². The molecule has 0 fully saturated rings. The highest BCUT2D eigenvalue weighted by Crippen LogP contribution is 2.20. The van der Waals surface area contributed by atoms with Crippen molar-refractivity contribution in [2.45, 2.75) is 58.5 Å². The second-order valence-corrected chi connectivity index (χ2v) is 9.16. The molecule has 0 radical (unpaired) electrons. The minimum absolute atomic E-state index is 0.105. The molecule has 5 nitrogen and oxygen atoms in total. The van der Waals surface area contributed by atoms with E-state index in [1.54, 1.807) is 0 Å². The van der Waals surface area contributed by atoms with E-state index in [9.17, 15) is 5.11 Å². The number of fused-ring (bicyclic) bond motifs is 1. The van der Waals surface area contributed by atoms with E-state index in [2.05, 4.69) is 61.6 Å². The Morgan fingerprint density at radius 3 is 2.33 bits per heavy atom. The molecule has 0 aliphatic rings. The number of hydrogen-bond donors (Lipinski definition) is 2. The van der Waals surface area contributed by atoms with E-state index in [1.165, 1.54) is 16.3 Å². The van der Waals surface area contributed by atoms with Crippen LogP contribution in [0, 0.1) is 0 Å². The van der Waals surface area contributed by atoms with E-state index < -0.39 is 6.10 Å². The first kappa shape index (κ1) is 25.3.